The maximum Gasteiger partial charge on any atom is 0.336 e. The van der Waals surface area contributed by atoms with Crippen molar-refractivity contribution in [3.8, 4) is 0 Å². The number of nitrogens with zero attached hydrogens (tertiary/aromatic N) is 1. The number of hydrogen-bond donors (Lipinski definition) is 0. The number of rotatable bonds is 5. The lowest BCUT2D eigenvalue weighted by molar-refractivity contribution is -0.141. The first-order chi connectivity index (χ1) is 13.0. The van der Waals surface area contributed by atoms with Crippen LogP contribution in [-0.2, 0) is 20.9 Å². The Morgan fingerprint density at radius 2 is 1.81 bits per heavy atom. The standard InChI is InChI=1S/C22H22ClNO3/c1-3-24-15(2)21(22(26)27-14-16-7-5-4-6-8-16)19(13-20(24)25)17-9-11-18(23)12-10-17/h4-12,19H,3,13-14H2,1-2H3. The summed E-state index contributed by atoms with van der Waals surface area (Å²) >= 11 is 5.99. The molecule has 0 saturated carbocycles. The van der Waals surface area contributed by atoms with E-state index in [-0.39, 0.29) is 30.8 Å². The van der Waals surface area contributed by atoms with Crippen LogP contribution in [0.3, 0.4) is 0 Å². The average molecular weight is 384 g/mol. The van der Waals surface area contributed by atoms with E-state index in [4.69, 9.17) is 16.3 Å². The molecule has 0 aromatic heterocycles. The van der Waals surface area contributed by atoms with E-state index >= 15 is 0 Å². The van der Waals surface area contributed by atoms with E-state index in [2.05, 4.69) is 0 Å². The second kappa shape index (κ2) is 8.40. The summed E-state index contributed by atoms with van der Waals surface area (Å²) in [5, 5.41) is 0.616. The molecular formula is C22H22ClNO3. The molecule has 1 atom stereocenters. The van der Waals surface area contributed by atoms with Crippen molar-refractivity contribution in [3.63, 3.8) is 0 Å². The van der Waals surface area contributed by atoms with Gasteiger partial charge in [0.2, 0.25) is 5.91 Å². The van der Waals surface area contributed by atoms with Crippen LogP contribution in [0.2, 0.25) is 5.02 Å². The monoisotopic (exact) mass is 383 g/mol. The van der Waals surface area contributed by atoms with Crippen LogP contribution in [0.4, 0.5) is 0 Å². The molecule has 3 rings (SSSR count). The van der Waals surface area contributed by atoms with Crippen molar-refractivity contribution in [2.45, 2.75) is 32.8 Å². The average Bonchev–Trinajstić information content (AvgIpc) is 2.67. The maximum atomic E-state index is 13.0. The summed E-state index contributed by atoms with van der Waals surface area (Å²) in [6, 6.07) is 16.8. The van der Waals surface area contributed by atoms with E-state index in [0.717, 1.165) is 11.1 Å². The quantitative estimate of drug-likeness (QED) is 0.703. The number of allylic oxidation sites excluding steroid dienone is 1. The van der Waals surface area contributed by atoms with Gasteiger partial charge in [0.1, 0.15) is 6.61 Å². The van der Waals surface area contributed by atoms with Gasteiger partial charge in [-0.15, -0.1) is 0 Å². The smallest absolute Gasteiger partial charge is 0.336 e. The first kappa shape index (κ1) is 19.2. The van der Waals surface area contributed by atoms with Crippen LogP contribution in [0.15, 0.2) is 65.9 Å². The third kappa shape index (κ3) is 4.22. The number of amides is 1. The summed E-state index contributed by atoms with van der Waals surface area (Å²) in [4.78, 5) is 27.1. The number of hydrogen-bond acceptors (Lipinski definition) is 3. The number of carbonyl (C=O) groups excluding carboxylic acids is 2. The highest BCUT2D eigenvalue weighted by molar-refractivity contribution is 6.30. The molecule has 0 fully saturated rings. The Balaban J connectivity index is 1.92. The van der Waals surface area contributed by atoms with E-state index in [9.17, 15) is 9.59 Å². The summed E-state index contributed by atoms with van der Waals surface area (Å²) in [6.45, 7) is 4.43. The Morgan fingerprint density at radius 3 is 2.44 bits per heavy atom. The minimum Gasteiger partial charge on any atom is -0.457 e. The highest BCUT2D eigenvalue weighted by Gasteiger charge is 2.36. The van der Waals surface area contributed by atoms with Crippen molar-refractivity contribution in [1.29, 1.82) is 0 Å². The number of carbonyl (C=O) groups is 2. The minimum atomic E-state index is -0.387. The number of ether oxygens (including phenoxy) is 1. The van der Waals surface area contributed by atoms with Crippen LogP contribution in [0.1, 0.15) is 37.3 Å². The van der Waals surface area contributed by atoms with Gasteiger partial charge in [0.05, 0.1) is 5.57 Å². The van der Waals surface area contributed by atoms with Crippen molar-refractivity contribution in [2.24, 2.45) is 0 Å². The molecular weight excluding hydrogens is 362 g/mol. The second-order valence-electron chi connectivity index (χ2n) is 6.51. The van der Waals surface area contributed by atoms with Crippen molar-refractivity contribution in [2.75, 3.05) is 6.54 Å². The van der Waals surface area contributed by atoms with Crippen LogP contribution >= 0.6 is 11.6 Å². The van der Waals surface area contributed by atoms with Crippen molar-refractivity contribution in [1.82, 2.24) is 4.90 Å². The molecule has 0 N–H and O–H groups in total. The molecule has 0 bridgehead atoms. The van der Waals surface area contributed by atoms with Gasteiger partial charge in [-0.2, -0.15) is 0 Å². The van der Waals surface area contributed by atoms with Gasteiger partial charge in [0.15, 0.2) is 0 Å². The Kier molecular flexibility index (Phi) is 5.97. The molecule has 1 heterocycles. The highest BCUT2D eigenvalue weighted by atomic mass is 35.5. The van der Waals surface area contributed by atoms with Gasteiger partial charge < -0.3 is 9.64 Å². The SMILES string of the molecule is CCN1C(=O)CC(c2ccc(Cl)cc2)C(C(=O)OCc2ccccc2)=C1C. The molecule has 0 saturated heterocycles. The van der Waals surface area contributed by atoms with Crippen LogP contribution in [0.25, 0.3) is 0 Å². The van der Waals surface area contributed by atoms with Crippen LogP contribution in [-0.4, -0.2) is 23.3 Å². The first-order valence-corrected chi connectivity index (χ1v) is 9.36. The predicted molar refractivity (Wildman–Crippen MR) is 105 cm³/mol. The summed E-state index contributed by atoms with van der Waals surface area (Å²) in [5.41, 5.74) is 3.00. The summed E-state index contributed by atoms with van der Waals surface area (Å²) < 4.78 is 5.58. The lowest BCUT2D eigenvalue weighted by Gasteiger charge is -2.33. The number of esters is 1. The van der Waals surface area contributed by atoms with Gasteiger partial charge in [-0.05, 0) is 37.1 Å². The molecule has 1 amide bonds. The normalized spacial score (nSPS) is 17.2. The number of benzene rings is 2. The lowest BCUT2D eigenvalue weighted by atomic mass is 9.84. The molecule has 2 aromatic rings. The third-order valence-electron chi connectivity index (χ3n) is 4.84. The predicted octanol–water partition coefficient (Wildman–Crippen LogP) is 4.69. The zero-order valence-electron chi connectivity index (χ0n) is 15.4. The molecule has 1 unspecified atom stereocenters. The highest BCUT2D eigenvalue weighted by Crippen LogP contribution is 2.37. The van der Waals surface area contributed by atoms with E-state index in [1.54, 1.807) is 17.0 Å². The maximum absolute atomic E-state index is 13.0. The first-order valence-electron chi connectivity index (χ1n) is 8.99. The fraction of sp³-hybridized carbons (Fsp3) is 0.273. The molecule has 140 valence electrons. The van der Waals surface area contributed by atoms with E-state index in [1.165, 1.54) is 0 Å². The number of halogens is 1. The fourth-order valence-electron chi connectivity index (χ4n) is 3.46. The molecule has 27 heavy (non-hydrogen) atoms. The third-order valence-corrected chi connectivity index (χ3v) is 5.10. The van der Waals surface area contributed by atoms with Crippen LogP contribution in [0.5, 0.6) is 0 Å². The Morgan fingerprint density at radius 1 is 1.15 bits per heavy atom. The van der Waals surface area contributed by atoms with Crippen molar-refractivity contribution >= 4 is 23.5 Å². The van der Waals surface area contributed by atoms with Gasteiger partial charge >= 0.3 is 5.97 Å². The summed E-state index contributed by atoms with van der Waals surface area (Å²) in [5.74, 6) is -0.711. The zero-order valence-corrected chi connectivity index (χ0v) is 16.2. The van der Waals surface area contributed by atoms with Gasteiger partial charge in [-0.25, -0.2) is 4.79 Å². The Hall–Kier alpha value is -2.59. The van der Waals surface area contributed by atoms with Crippen molar-refractivity contribution < 1.29 is 14.3 Å². The lowest BCUT2D eigenvalue weighted by Crippen LogP contribution is -2.38. The zero-order chi connectivity index (χ0) is 19.4. The van der Waals surface area contributed by atoms with Crippen molar-refractivity contribution in [3.05, 3.63) is 82.0 Å². The molecule has 0 aliphatic carbocycles. The van der Waals surface area contributed by atoms with E-state index in [1.807, 2.05) is 56.3 Å². The van der Waals surface area contributed by atoms with Gasteiger partial charge in [-0.1, -0.05) is 54.1 Å². The molecule has 1 aliphatic rings. The largest absolute Gasteiger partial charge is 0.457 e. The summed E-state index contributed by atoms with van der Waals surface area (Å²) in [7, 11) is 0. The second-order valence-corrected chi connectivity index (χ2v) is 6.94. The molecule has 5 heteroatoms. The van der Waals surface area contributed by atoms with Crippen LogP contribution < -0.4 is 0 Å². The minimum absolute atomic E-state index is 0.00885. The molecule has 2 aromatic carbocycles. The Bertz CT molecular complexity index is 859. The molecule has 4 nitrogen and oxygen atoms in total. The van der Waals surface area contributed by atoms with E-state index in [0.29, 0.717) is 22.8 Å². The van der Waals surface area contributed by atoms with E-state index < -0.39 is 0 Å². The fourth-order valence-corrected chi connectivity index (χ4v) is 3.58. The van der Waals surface area contributed by atoms with Gasteiger partial charge in [-0.3, -0.25) is 4.79 Å². The van der Waals surface area contributed by atoms with Gasteiger partial charge in [0, 0.05) is 29.6 Å². The topological polar surface area (TPSA) is 46.6 Å². The molecule has 1 aliphatic heterocycles. The van der Waals surface area contributed by atoms with Crippen LogP contribution in [0, 0.1) is 0 Å². The molecule has 0 spiro atoms. The summed E-state index contributed by atoms with van der Waals surface area (Å²) in [6.07, 6.45) is 0.239. The van der Waals surface area contributed by atoms with Gasteiger partial charge in [0.25, 0.3) is 0 Å². The Labute approximate surface area is 164 Å². The molecule has 0 radical (unpaired) electrons.